The summed E-state index contributed by atoms with van der Waals surface area (Å²) in [5, 5.41) is 10.8. The molecule has 3 fully saturated rings. The van der Waals surface area contributed by atoms with Gasteiger partial charge in [-0.1, -0.05) is 48.6 Å². The van der Waals surface area contributed by atoms with Crippen molar-refractivity contribution in [3.63, 3.8) is 0 Å². The summed E-state index contributed by atoms with van der Waals surface area (Å²) in [6, 6.07) is 7.71. The third kappa shape index (κ3) is 5.52. The Morgan fingerprint density at radius 3 is 2.41 bits per heavy atom. The zero-order chi connectivity index (χ0) is 34.9. The number of nitrogens with zero attached hydrogens (tertiary/aromatic N) is 1. The molecule has 5 aliphatic carbocycles. The molecule has 7 rings (SSSR count). The molecule has 1 aromatic heterocycles. The lowest BCUT2D eigenvalue weighted by Crippen LogP contribution is -2.59. The lowest BCUT2D eigenvalue weighted by atomic mass is 9.48. The van der Waals surface area contributed by atoms with Gasteiger partial charge < -0.3 is 15.2 Å². The number of benzene rings is 1. The average Bonchev–Trinajstić information content (AvgIpc) is 3.80. The van der Waals surface area contributed by atoms with Crippen molar-refractivity contribution in [3.8, 4) is 11.8 Å². The van der Waals surface area contributed by atoms with Crippen LogP contribution < -0.4 is 10.6 Å². The van der Waals surface area contributed by atoms with Crippen molar-refractivity contribution >= 4 is 11.5 Å². The van der Waals surface area contributed by atoms with Crippen LogP contribution in [0.3, 0.4) is 0 Å². The molecule has 2 N–H and O–H groups in total. The summed E-state index contributed by atoms with van der Waals surface area (Å²) >= 11 is 0. The number of rotatable bonds is 6. The fraction of sp³-hybridized carbons (Fsp3) is 0.538. The second kappa shape index (κ2) is 11.9. The predicted molar refractivity (Wildman–Crippen MR) is 177 cm³/mol. The third-order valence-corrected chi connectivity index (χ3v) is 12.4. The van der Waals surface area contributed by atoms with Crippen LogP contribution in [0, 0.1) is 48.4 Å². The van der Waals surface area contributed by atoms with Crippen molar-refractivity contribution in [2.24, 2.45) is 22.7 Å². The van der Waals surface area contributed by atoms with E-state index in [9.17, 15) is 18.0 Å². The molecule has 10 heteroatoms. The van der Waals surface area contributed by atoms with Gasteiger partial charge in [-0.3, -0.25) is 4.79 Å². The summed E-state index contributed by atoms with van der Waals surface area (Å²) in [6.45, 7) is 6.99. The molecule has 0 amide bonds. The summed E-state index contributed by atoms with van der Waals surface area (Å²) < 4.78 is 78.3. The minimum absolute atomic E-state index is 0.0885. The predicted octanol–water partition coefficient (Wildman–Crippen LogP) is 9.45. The molecule has 1 heterocycles. The highest BCUT2D eigenvalue weighted by Crippen LogP contribution is 2.74. The molecule has 0 saturated heterocycles. The summed E-state index contributed by atoms with van der Waals surface area (Å²) in [6.07, 6.45) is 0.748. The van der Waals surface area contributed by atoms with Crippen LogP contribution in [0.1, 0.15) is 100 Å². The fourth-order valence-corrected chi connectivity index (χ4v) is 9.47. The number of hydrogen-bond acceptors (Lipinski definition) is 5. The number of anilines is 1. The zero-order valence-corrected chi connectivity index (χ0v) is 28.3. The minimum atomic E-state index is -5.63. The molecular formula is C39H42F5N3O2. The van der Waals surface area contributed by atoms with Crippen LogP contribution in [0.15, 0.2) is 63.0 Å². The van der Waals surface area contributed by atoms with Gasteiger partial charge in [-0.05, 0) is 123 Å². The van der Waals surface area contributed by atoms with Crippen LogP contribution in [0.25, 0.3) is 0 Å². The number of ketones is 1. The van der Waals surface area contributed by atoms with Gasteiger partial charge in [-0.2, -0.15) is 22.0 Å². The Morgan fingerprint density at radius 1 is 1.02 bits per heavy atom. The Morgan fingerprint density at radius 2 is 1.76 bits per heavy atom. The average molecular weight is 680 g/mol. The van der Waals surface area contributed by atoms with Crippen LogP contribution in [-0.2, 0) is 4.79 Å². The van der Waals surface area contributed by atoms with E-state index in [1.807, 2.05) is 38.1 Å². The van der Waals surface area contributed by atoms with Gasteiger partial charge in [0, 0.05) is 23.3 Å². The van der Waals surface area contributed by atoms with Gasteiger partial charge in [-0.25, -0.2) is 0 Å². The number of alkyl halides is 5. The van der Waals surface area contributed by atoms with Gasteiger partial charge in [0.2, 0.25) is 0 Å². The number of aryl methyl sites for hydroxylation is 2. The Kier molecular flexibility index (Phi) is 8.15. The van der Waals surface area contributed by atoms with Crippen molar-refractivity contribution < 1.29 is 31.3 Å². The molecule has 0 spiro atoms. The van der Waals surface area contributed by atoms with Crippen molar-refractivity contribution in [2.75, 3.05) is 11.9 Å². The van der Waals surface area contributed by atoms with E-state index in [-0.39, 0.29) is 36.4 Å². The summed E-state index contributed by atoms with van der Waals surface area (Å²) in [5.74, 6) is 2.54. The molecule has 1 aromatic carbocycles. The maximum Gasteiger partial charge on any atom is 0.453 e. The molecule has 0 aliphatic heterocycles. The molecule has 5 aliphatic rings. The molecule has 5 nitrogen and oxygen atoms in total. The van der Waals surface area contributed by atoms with E-state index in [4.69, 9.17) is 4.52 Å². The van der Waals surface area contributed by atoms with E-state index in [0.717, 1.165) is 57.9 Å². The van der Waals surface area contributed by atoms with Crippen molar-refractivity contribution in [1.29, 1.82) is 0 Å². The zero-order valence-electron chi connectivity index (χ0n) is 28.3. The van der Waals surface area contributed by atoms with Crippen LogP contribution in [0.2, 0.25) is 0 Å². The van der Waals surface area contributed by atoms with Gasteiger partial charge in [0.25, 0.3) is 0 Å². The number of nitrogens with one attached hydrogen (secondary N) is 2. The molecule has 0 bridgehead atoms. The van der Waals surface area contributed by atoms with E-state index in [1.54, 1.807) is 13.0 Å². The number of fused-ring (bicyclic) bond motifs is 4. The van der Waals surface area contributed by atoms with Crippen molar-refractivity contribution in [2.45, 2.75) is 103 Å². The molecule has 260 valence electrons. The SMILES string of the molecule is Cc1noc(C)c1NC(NCC#Cc1ccc([C@H]2CC3(C)C(CCC3(C)C(F)(F)C(F)(F)F)C3CCC4=CC(=O)CCC4=C32)cc1)=C1CC1. The van der Waals surface area contributed by atoms with Gasteiger partial charge in [0.1, 0.15) is 17.2 Å². The molecular weight excluding hydrogens is 637 g/mol. The highest BCUT2D eigenvalue weighted by Gasteiger charge is 2.77. The van der Waals surface area contributed by atoms with Crippen LogP contribution in [0.5, 0.6) is 0 Å². The van der Waals surface area contributed by atoms with E-state index in [1.165, 1.54) is 12.5 Å². The Labute approximate surface area is 283 Å². The van der Waals surface area contributed by atoms with Crippen LogP contribution in [-0.4, -0.2) is 29.6 Å². The summed E-state index contributed by atoms with van der Waals surface area (Å²) in [7, 11) is 0. The van der Waals surface area contributed by atoms with Crippen molar-refractivity contribution in [1.82, 2.24) is 10.5 Å². The number of hydrogen-bond donors (Lipinski definition) is 2. The second-order valence-electron chi connectivity index (χ2n) is 15.0. The Bertz CT molecular complexity index is 1810. The van der Waals surface area contributed by atoms with Gasteiger partial charge in [0.15, 0.2) is 11.5 Å². The Hall–Kier alpha value is -3.87. The second-order valence-corrected chi connectivity index (χ2v) is 15.0. The first kappa shape index (κ1) is 33.6. The van der Waals surface area contributed by atoms with Gasteiger partial charge in [0.05, 0.1) is 6.54 Å². The third-order valence-electron chi connectivity index (χ3n) is 12.4. The van der Waals surface area contributed by atoms with Crippen LogP contribution >= 0.6 is 0 Å². The van der Waals surface area contributed by atoms with E-state index in [2.05, 4.69) is 27.6 Å². The number of allylic oxidation sites excluding steroid dienone is 5. The number of halogens is 5. The maximum atomic E-state index is 15.5. The molecule has 0 radical (unpaired) electrons. The summed E-state index contributed by atoms with van der Waals surface area (Å²) in [4.78, 5) is 12.4. The lowest BCUT2D eigenvalue weighted by molar-refractivity contribution is -0.341. The smallest absolute Gasteiger partial charge is 0.361 e. The molecule has 4 unspecified atom stereocenters. The molecule has 5 atom stereocenters. The van der Waals surface area contributed by atoms with Gasteiger partial charge >= 0.3 is 12.1 Å². The first-order valence-corrected chi connectivity index (χ1v) is 17.3. The normalized spacial score (nSPS) is 29.3. The molecule has 2 aromatic rings. The molecule has 49 heavy (non-hydrogen) atoms. The molecule has 3 saturated carbocycles. The topological polar surface area (TPSA) is 67.2 Å². The first-order valence-electron chi connectivity index (χ1n) is 17.3. The fourth-order valence-electron chi connectivity index (χ4n) is 9.47. The standard InChI is InChI=1S/C39H42F5N3O2/c1-22-34(23(2)49-47-22)46-35(26-11-12-26)45-19-5-6-24-7-9-25(10-8-24)31-21-36(3)32(17-18-37(36,4)38(40,41)39(42,43)44)30-15-13-27-20-28(48)14-16-29(27)33(30)31/h7-10,20,30-32,45-46H,11-19,21H2,1-4H3/t30?,31-,32?,36?,37?/m1/s1. The van der Waals surface area contributed by atoms with E-state index in [0.29, 0.717) is 44.4 Å². The van der Waals surface area contributed by atoms with E-state index < -0.39 is 22.9 Å². The monoisotopic (exact) mass is 679 g/mol. The summed E-state index contributed by atoms with van der Waals surface area (Å²) in [5.41, 5.74) is 4.38. The van der Waals surface area contributed by atoms with E-state index >= 15 is 8.78 Å². The number of aromatic nitrogens is 1. The van der Waals surface area contributed by atoms with Crippen molar-refractivity contribution in [3.05, 3.63) is 81.0 Å². The highest BCUT2D eigenvalue weighted by atomic mass is 19.4. The van der Waals surface area contributed by atoms with Crippen LogP contribution in [0.4, 0.5) is 27.6 Å². The number of carbonyl (C=O) groups excluding carboxylic acids is 1. The number of carbonyl (C=O) groups is 1. The quantitative estimate of drug-likeness (QED) is 0.235. The van der Waals surface area contributed by atoms with Gasteiger partial charge in [-0.15, -0.1) is 0 Å². The highest BCUT2D eigenvalue weighted by molar-refractivity contribution is 5.93. The largest absolute Gasteiger partial charge is 0.453 e. The minimum Gasteiger partial charge on any atom is -0.361 e. The maximum absolute atomic E-state index is 15.5. The lowest BCUT2D eigenvalue weighted by Gasteiger charge is -2.57. The Balaban J connectivity index is 1.17. The first-order chi connectivity index (χ1) is 23.1.